The van der Waals surface area contributed by atoms with Crippen molar-refractivity contribution in [2.75, 3.05) is 26.4 Å². The van der Waals surface area contributed by atoms with Gasteiger partial charge in [-0.25, -0.2) is 4.57 Å². The molecule has 3 atom stereocenters. The lowest BCUT2D eigenvalue weighted by molar-refractivity contribution is -0.161. The van der Waals surface area contributed by atoms with E-state index >= 15 is 0 Å². The van der Waals surface area contributed by atoms with E-state index in [-0.39, 0.29) is 25.9 Å². The quantitative estimate of drug-likeness (QED) is 0.0197. The molecule has 2 N–H and O–H groups in total. The molecular weight excluding hydrogens is 1050 g/mol. The summed E-state index contributed by atoms with van der Waals surface area (Å²) in [5.74, 6) is -1.45. The van der Waals surface area contributed by atoms with E-state index in [1.165, 1.54) is 205 Å². The summed E-state index contributed by atoms with van der Waals surface area (Å²) in [5.41, 5.74) is 0. The van der Waals surface area contributed by atoms with Gasteiger partial charge in [-0.1, -0.05) is 268 Å². The average Bonchev–Trinajstić information content (AvgIpc) is 3.50. The number of aliphatic hydroxyl groups is 1. The summed E-state index contributed by atoms with van der Waals surface area (Å²) in [6.45, 7) is 4.68. The first-order valence-electron chi connectivity index (χ1n) is 34.5. The summed E-state index contributed by atoms with van der Waals surface area (Å²) in [5, 5.41) is 9.87. The topological polar surface area (TPSA) is 155 Å². The standard InChI is InChI=1S/C70H129O11P/c1-4-7-10-13-16-19-22-25-28-31-33-36-38-41-44-47-50-53-56-59-68(72)77-63-67(81-70(74)61-58-55-52-49-46-43-40-37-34-32-29-26-23-20-17-14-11-8-5-2)65-79-82(75,76)78-64-66(62-71)80-69(73)60-57-54-51-48-45-42-39-35-30-27-24-21-18-15-12-9-6-3/h17,20,25-30,66-67,71H,4-16,18-19,21-24,31-65H2,1-3H3,(H,75,76)/b20-17-,28-25-,29-26-,30-27-. The highest BCUT2D eigenvalue weighted by Crippen LogP contribution is 2.43. The van der Waals surface area contributed by atoms with Crippen LogP contribution in [0.2, 0.25) is 0 Å². The van der Waals surface area contributed by atoms with E-state index in [9.17, 15) is 28.9 Å². The van der Waals surface area contributed by atoms with Crippen LogP contribution in [0.25, 0.3) is 0 Å². The Bertz CT molecular complexity index is 1560. The molecule has 0 aliphatic heterocycles. The fraction of sp³-hybridized carbons (Fsp3) is 0.843. The monoisotopic (exact) mass is 1180 g/mol. The molecule has 0 radical (unpaired) electrons. The number of esters is 3. The van der Waals surface area contributed by atoms with Gasteiger partial charge in [-0.3, -0.25) is 23.4 Å². The second-order valence-corrected chi connectivity index (χ2v) is 24.8. The molecule has 0 aromatic heterocycles. The number of carbonyl (C=O) groups is 3. The van der Waals surface area contributed by atoms with E-state index in [4.69, 9.17) is 23.3 Å². The zero-order valence-corrected chi connectivity index (χ0v) is 54.4. The van der Waals surface area contributed by atoms with E-state index in [0.29, 0.717) is 19.3 Å². The van der Waals surface area contributed by atoms with Crippen molar-refractivity contribution in [3.05, 3.63) is 48.6 Å². The van der Waals surface area contributed by atoms with E-state index in [1.807, 2.05) is 0 Å². The van der Waals surface area contributed by atoms with Crippen molar-refractivity contribution in [3.8, 4) is 0 Å². The fourth-order valence-corrected chi connectivity index (χ4v) is 10.7. The third-order valence-electron chi connectivity index (χ3n) is 15.2. The molecule has 0 rings (SSSR count). The number of hydrogen-bond donors (Lipinski definition) is 2. The molecule has 0 aromatic carbocycles. The lowest BCUT2D eigenvalue weighted by Crippen LogP contribution is -2.30. The molecule has 0 spiro atoms. The van der Waals surface area contributed by atoms with Crippen LogP contribution in [-0.4, -0.2) is 66.5 Å². The van der Waals surface area contributed by atoms with Gasteiger partial charge in [-0.05, 0) is 103 Å². The Kier molecular flexibility index (Phi) is 62.4. The van der Waals surface area contributed by atoms with Crippen LogP contribution in [0.5, 0.6) is 0 Å². The van der Waals surface area contributed by atoms with E-state index < -0.39 is 57.8 Å². The molecular formula is C70H129O11P. The molecule has 0 bridgehead atoms. The minimum atomic E-state index is -4.76. The number of ether oxygens (including phenoxy) is 3. The van der Waals surface area contributed by atoms with Gasteiger partial charge in [0.1, 0.15) is 12.7 Å². The minimum Gasteiger partial charge on any atom is -0.462 e. The van der Waals surface area contributed by atoms with Crippen molar-refractivity contribution < 1.29 is 52.2 Å². The lowest BCUT2D eigenvalue weighted by atomic mass is 10.1. The lowest BCUT2D eigenvalue weighted by Gasteiger charge is -2.21. The predicted molar refractivity (Wildman–Crippen MR) is 344 cm³/mol. The molecule has 0 amide bonds. The van der Waals surface area contributed by atoms with Crippen molar-refractivity contribution in [1.29, 1.82) is 0 Å². The largest absolute Gasteiger partial charge is 0.472 e. The van der Waals surface area contributed by atoms with E-state index in [1.54, 1.807) is 0 Å². The Morgan fingerprint density at radius 2 is 0.598 bits per heavy atom. The van der Waals surface area contributed by atoms with Crippen molar-refractivity contribution in [1.82, 2.24) is 0 Å². The number of phosphoric ester groups is 1. The highest BCUT2D eigenvalue weighted by molar-refractivity contribution is 7.47. The number of rotatable bonds is 65. The predicted octanol–water partition coefficient (Wildman–Crippen LogP) is 21.3. The van der Waals surface area contributed by atoms with Crippen LogP contribution in [0.1, 0.15) is 342 Å². The normalized spacial score (nSPS) is 13.5. The molecule has 0 aromatic rings. The van der Waals surface area contributed by atoms with Crippen LogP contribution < -0.4 is 0 Å². The Morgan fingerprint density at radius 3 is 0.939 bits per heavy atom. The van der Waals surface area contributed by atoms with E-state index in [0.717, 1.165) is 77.0 Å². The van der Waals surface area contributed by atoms with Gasteiger partial charge < -0.3 is 24.2 Å². The van der Waals surface area contributed by atoms with Crippen LogP contribution >= 0.6 is 7.82 Å². The first-order chi connectivity index (χ1) is 40.2. The molecule has 82 heavy (non-hydrogen) atoms. The van der Waals surface area contributed by atoms with E-state index in [2.05, 4.69) is 69.4 Å². The van der Waals surface area contributed by atoms with Gasteiger partial charge in [-0.15, -0.1) is 0 Å². The third kappa shape index (κ3) is 62.0. The van der Waals surface area contributed by atoms with Crippen molar-refractivity contribution in [2.24, 2.45) is 0 Å². The molecule has 480 valence electrons. The Morgan fingerprint density at radius 1 is 0.341 bits per heavy atom. The van der Waals surface area contributed by atoms with Crippen LogP contribution in [0.4, 0.5) is 0 Å². The smallest absolute Gasteiger partial charge is 0.462 e. The molecule has 0 aliphatic carbocycles. The van der Waals surface area contributed by atoms with Crippen LogP contribution in [0, 0.1) is 0 Å². The highest BCUT2D eigenvalue weighted by atomic mass is 31.2. The van der Waals surface area contributed by atoms with Gasteiger partial charge in [0.25, 0.3) is 0 Å². The van der Waals surface area contributed by atoms with Crippen LogP contribution in [-0.2, 0) is 42.2 Å². The third-order valence-corrected chi connectivity index (χ3v) is 16.1. The van der Waals surface area contributed by atoms with Gasteiger partial charge in [0.05, 0.1) is 19.8 Å². The zero-order valence-electron chi connectivity index (χ0n) is 53.5. The van der Waals surface area contributed by atoms with Crippen molar-refractivity contribution in [3.63, 3.8) is 0 Å². The Balaban J connectivity index is 4.67. The average molecular weight is 1180 g/mol. The SMILES string of the molecule is CCCCC/C=C\C/C=C\CCCCCCCCCCCC(=O)OC(COC(=O)CCCCCCCCCCC/C=C\CCCCCCCC)COP(=O)(O)OCC(CO)OC(=O)CCCCCCCCC/C=C\CCCCCCCC. The van der Waals surface area contributed by atoms with Crippen LogP contribution in [0.15, 0.2) is 48.6 Å². The first kappa shape index (κ1) is 79.4. The zero-order chi connectivity index (χ0) is 59.8. The number of unbranched alkanes of at least 4 members (excludes halogenated alkanes) is 40. The number of carbonyl (C=O) groups excluding carboxylic acids is 3. The highest BCUT2D eigenvalue weighted by Gasteiger charge is 2.28. The molecule has 0 saturated carbocycles. The molecule has 0 aliphatic rings. The second-order valence-electron chi connectivity index (χ2n) is 23.3. The summed E-state index contributed by atoms with van der Waals surface area (Å²) >= 11 is 0. The summed E-state index contributed by atoms with van der Waals surface area (Å²) < 4.78 is 39.8. The molecule has 0 heterocycles. The molecule has 0 saturated heterocycles. The van der Waals surface area contributed by atoms with Crippen molar-refractivity contribution in [2.45, 2.75) is 354 Å². The molecule has 11 nitrogen and oxygen atoms in total. The number of allylic oxidation sites excluding steroid dienone is 8. The maximum absolute atomic E-state index is 13.0. The minimum absolute atomic E-state index is 0.164. The summed E-state index contributed by atoms with van der Waals surface area (Å²) in [7, 11) is -4.76. The van der Waals surface area contributed by atoms with Gasteiger partial charge in [0.15, 0.2) is 6.10 Å². The van der Waals surface area contributed by atoms with Crippen molar-refractivity contribution >= 4 is 25.7 Å². The molecule has 3 unspecified atom stereocenters. The number of hydrogen-bond acceptors (Lipinski definition) is 10. The van der Waals surface area contributed by atoms with Crippen LogP contribution in [0.3, 0.4) is 0 Å². The van der Waals surface area contributed by atoms with Gasteiger partial charge >= 0.3 is 25.7 Å². The molecule has 12 heteroatoms. The first-order valence-corrected chi connectivity index (χ1v) is 36.0. The number of phosphoric acid groups is 1. The maximum Gasteiger partial charge on any atom is 0.472 e. The fourth-order valence-electron chi connectivity index (χ4n) is 9.91. The van der Waals surface area contributed by atoms with Gasteiger partial charge in [0, 0.05) is 19.3 Å². The van der Waals surface area contributed by atoms with Gasteiger partial charge in [0.2, 0.25) is 0 Å². The second kappa shape index (κ2) is 64.4. The summed E-state index contributed by atoms with van der Waals surface area (Å²) in [6, 6.07) is 0. The summed E-state index contributed by atoms with van der Waals surface area (Å²) in [6.07, 6.45) is 72.0. The summed E-state index contributed by atoms with van der Waals surface area (Å²) in [4.78, 5) is 48.9. The maximum atomic E-state index is 13.0. The molecule has 0 fully saturated rings. The Hall–Kier alpha value is -2.56. The van der Waals surface area contributed by atoms with Gasteiger partial charge in [-0.2, -0.15) is 0 Å². The Labute approximate surface area is 504 Å². The number of aliphatic hydroxyl groups excluding tert-OH is 1.